The number of pyridine rings is 1. The molecule has 4 nitrogen and oxygen atoms in total. The molecule has 5 heteroatoms. The molecule has 104 valence electrons. The van der Waals surface area contributed by atoms with Crippen molar-refractivity contribution in [2.24, 2.45) is 11.1 Å². The van der Waals surface area contributed by atoms with Gasteiger partial charge in [-0.05, 0) is 38.8 Å². The summed E-state index contributed by atoms with van der Waals surface area (Å²) < 4.78 is 0. The highest BCUT2D eigenvalue weighted by molar-refractivity contribution is 7.80. The lowest BCUT2D eigenvalue weighted by Gasteiger charge is -2.29. The summed E-state index contributed by atoms with van der Waals surface area (Å²) in [5.41, 5.74) is 7.39. The van der Waals surface area contributed by atoms with Crippen molar-refractivity contribution in [3.8, 4) is 0 Å². The lowest BCUT2D eigenvalue weighted by Crippen LogP contribution is -2.45. The predicted molar refractivity (Wildman–Crippen MR) is 82.1 cm³/mol. The van der Waals surface area contributed by atoms with Crippen LogP contribution in [0, 0.1) is 19.3 Å². The summed E-state index contributed by atoms with van der Waals surface area (Å²) in [6.07, 6.45) is 1.17. The number of nitrogens with zero attached hydrogens (tertiary/aromatic N) is 1. The second kappa shape index (κ2) is 6.10. The second-order valence-electron chi connectivity index (χ2n) is 4.69. The van der Waals surface area contributed by atoms with Crippen LogP contribution in [0.3, 0.4) is 0 Å². The molecule has 1 aromatic heterocycles. The molecule has 0 bridgehead atoms. The van der Waals surface area contributed by atoms with E-state index in [1.165, 1.54) is 0 Å². The SMILES string of the molecule is CCC(CC)(C(=O)Nc1ccc(C)nc1C)C(N)=S. The minimum Gasteiger partial charge on any atom is -0.392 e. The zero-order chi connectivity index (χ0) is 14.6. The number of thiocarbonyl (C=S) groups is 1. The van der Waals surface area contributed by atoms with Crippen molar-refractivity contribution in [2.75, 3.05) is 5.32 Å². The van der Waals surface area contributed by atoms with Gasteiger partial charge in [-0.3, -0.25) is 9.78 Å². The molecule has 0 unspecified atom stereocenters. The fourth-order valence-electron chi connectivity index (χ4n) is 2.09. The third-order valence-corrected chi connectivity index (χ3v) is 3.98. The van der Waals surface area contributed by atoms with E-state index in [0.717, 1.165) is 11.4 Å². The molecule has 1 heterocycles. The number of carbonyl (C=O) groups is 1. The smallest absolute Gasteiger partial charge is 0.237 e. The van der Waals surface area contributed by atoms with Crippen molar-refractivity contribution >= 4 is 28.8 Å². The molecule has 1 rings (SSSR count). The molecule has 0 saturated heterocycles. The standard InChI is InChI=1S/C14H21N3OS/c1-5-14(6-2,12(15)19)13(18)17-11-8-7-9(3)16-10(11)4/h7-8H,5-6H2,1-4H3,(H2,15,19)(H,17,18). The number of rotatable bonds is 5. The third kappa shape index (κ3) is 3.10. The van der Waals surface area contributed by atoms with Gasteiger partial charge >= 0.3 is 0 Å². The Hall–Kier alpha value is -1.49. The Kier molecular flexibility index (Phi) is 5.00. The molecule has 1 amide bonds. The van der Waals surface area contributed by atoms with Gasteiger partial charge in [0.05, 0.1) is 21.8 Å². The molecular weight excluding hydrogens is 258 g/mol. The van der Waals surface area contributed by atoms with Crippen LogP contribution in [0.1, 0.15) is 38.1 Å². The summed E-state index contributed by atoms with van der Waals surface area (Å²) in [7, 11) is 0. The zero-order valence-corrected chi connectivity index (χ0v) is 12.7. The van der Waals surface area contributed by atoms with Crippen LogP contribution in [0.4, 0.5) is 5.69 Å². The number of hydrogen-bond donors (Lipinski definition) is 2. The highest BCUT2D eigenvalue weighted by atomic mass is 32.1. The molecule has 0 aliphatic carbocycles. The molecule has 0 aliphatic heterocycles. The first-order valence-electron chi connectivity index (χ1n) is 6.43. The van der Waals surface area contributed by atoms with Crippen LogP contribution in [0.25, 0.3) is 0 Å². The number of aromatic nitrogens is 1. The van der Waals surface area contributed by atoms with Crippen molar-refractivity contribution in [3.05, 3.63) is 23.5 Å². The quantitative estimate of drug-likeness (QED) is 0.813. The Balaban J connectivity index is 3.03. The topological polar surface area (TPSA) is 68.0 Å². The number of aryl methyl sites for hydroxylation is 2. The summed E-state index contributed by atoms with van der Waals surface area (Å²) >= 11 is 5.07. The van der Waals surface area contributed by atoms with E-state index in [-0.39, 0.29) is 10.9 Å². The van der Waals surface area contributed by atoms with Crippen LogP contribution in [0.5, 0.6) is 0 Å². The van der Waals surface area contributed by atoms with Gasteiger partial charge in [0, 0.05) is 5.69 Å². The fraction of sp³-hybridized carbons (Fsp3) is 0.500. The van der Waals surface area contributed by atoms with E-state index in [1.54, 1.807) is 0 Å². The minimum absolute atomic E-state index is 0.154. The molecule has 19 heavy (non-hydrogen) atoms. The van der Waals surface area contributed by atoms with Gasteiger partial charge in [0.15, 0.2) is 0 Å². The van der Waals surface area contributed by atoms with Crippen LogP contribution in [0.2, 0.25) is 0 Å². The summed E-state index contributed by atoms with van der Waals surface area (Å²) in [6, 6.07) is 3.72. The van der Waals surface area contributed by atoms with Crippen molar-refractivity contribution in [3.63, 3.8) is 0 Å². The third-order valence-electron chi connectivity index (χ3n) is 3.59. The Morgan fingerprint density at radius 2 is 1.95 bits per heavy atom. The normalized spacial score (nSPS) is 11.2. The second-order valence-corrected chi connectivity index (χ2v) is 5.13. The van der Waals surface area contributed by atoms with Crippen LogP contribution in [-0.4, -0.2) is 15.9 Å². The predicted octanol–water partition coefficient (Wildman–Crippen LogP) is 2.73. The summed E-state index contributed by atoms with van der Waals surface area (Å²) in [5.74, 6) is -0.154. The lowest BCUT2D eigenvalue weighted by atomic mass is 9.81. The van der Waals surface area contributed by atoms with Gasteiger partial charge in [0.2, 0.25) is 5.91 Å². The van der Waals surface area contributed by atoms with Gasteiger partial charge in [0.25, 0.3) is 0 Å². The maximum absolute atomic E-state index is 12.5. The number of anilines is 1. The van der Waals surface area contributed by atoms with Crippen LogP contribution in [0.15, 0.2) is 12.1 Å². The van der Waals surface area contributed by atoms with Gasteiger partial charge in [-0.1, -0.05) is 26.1 Å². The fourth-order valence-corrected chi connectivity index (χ4v) is 2.47. The zero-order valence-electron chi connectivity index (χ0n) is 11.9. The number of hydrogen-bond acceptors (Lipinski definition) is 3. The average molecular weight is 279 g/mol. The molecule has 0 fully saturated rings. The van der Waals surface area contributed by atoms with Gasteiger partial charge < -0.3 is 11.1 Å². The van der Waals surface area contributed by atoms with E-state index in [9.17, 15) is 4.79 Å². The van der Waals surface area contributed by atoms with Crippen molar-refractivity contribution < 1.29 is 4.79 Å². The molecule has 0 aliphatic rings. The Morgan fingerprint density at radius 1 is 1.37 bits per heavy atom. The van der Waals surface area contributed by atoms with Gasteiger partial charge in [-0.15, -0.1) is 0 Å². The van der Waals surface area contributed by atoms with Crippen LogP contribution in [-0.2, 0) is 4.79 Å². The van der Waals surface area contributed by atoms with Crippen LogP contribution >= 0.6 is 12.2 Å². The maximum atomic E-state index is 12.5. The first-order valence-corrected chi connectivity index (χ1v) is 6.83. The summed E-state index contributed by atoms with van der Waals surface area (Å²) in [5, 5.41) is 2.89. The van der Waals surface area contributed by atoms with E-state index < -0.39 is 5.41 Å². The molecule has 0 atom stereocenters. The minimum atomic E-state index is -0.785. The number of carbonyl (C=O) groups excluding carboxylic acids is 1. The molecule has 0 spiro atoms. The molecule has 3 N–H and O–H groups in total. The van der Waals surface area contributed by atoms with Gasteiger partial charge in [-0.25, -0.2) is 0 Å². The van der Waals surface area contributed by atoms with E-state index in [2.05, 4.69) is 10.3 Å². The van der Waals surface area contributed by atoms with Crippen molar-refractivity contribution in [1.29, 1.82) is 0 Å². The van der Waals surface area contributed by atoms with Crippen molar-refractivity contribution in [1.82, 2.24) is 4.98 Å². The molecule has 0 radical (unpaired) electrons. The Bertz CT molecular complexity index is 495. The lowest BCUT2D eigenvalue weighted by molar-refractivity contribution is -0.122. The van der Waals surface area contributed by atoms with Crippen molar-refractivity contribution in [2.45, 2.75) is 40.5 Å². The van der Waals surface area contributed by atoms with Gasteiger partial charge in [0.1, 0.15) is 0 Å². The van der Waals surface area contributed by atoms with E-state index >= 15 is 0 Å². The van der Waals surface area contributed by atoms with Crippen LogP contribution < -0.4 is 11.1 Å². The van der Waals surface area contributed by atoms with Gasteiger partial charge in [-0.2, -0.15) is 0 Å². The molecule has 0 saturated carbocycles. The first kappa shape index (κ1) is 15.6. The van der Waals surface area contributed by atoms with E-state index in [1.807, 2.05) is 39.8 Å². The largest absolute Gasteiger partial charge is 0.392 e. The average Bonchev–Trinajstić information content (AvgIpc) is 2.34. The van der Waals surface area contributed by atoms with E-state index in [4.69, 9.17) is 18.0 Å². The Morgan fingerprint density at radius 3 is 2.37 bits per heavy atom. The summed E-state index contributed by atoms with van der Waals surface area (Å²) in [6.45, 7) is 7.62. The maximum Gasteiger partial charge on any atom is 0.237 e. The molecule has 1 aromatic rings. The van der Waals surface area contributed by atoms with E-state index in [0.29, 0.717) is 18.5 Å². The molecule has 0 aromatic carbocycles. The summed E-state index contributed by atoms with van der Waals surface area (Å²) in [4.78, 5) is 17.0. The number of nitrogens with two attached hydrogens (primary N) is 1. The number of nitrogens with one attached hydrogen (secondary N) is 1. The number of amides is 1. The molecular formula is C14H21N3OS. The first-order chi connectivity index (χ1) is 8.87. The highest BCUT2D eigenvalue weighted by Gasteiger charge is 2.38. The highest BCUT2D eigenvalue weighted by Crippen LogP contribution is 2.29. The monoisotopic (exact) mass is 279 g/mol. The Labute approximate surface area is 119 Å².